The fraction of sp³-hybridized carbons (Fsp3) is 0.500. The van der Waals surface area contributed by atoms with Gasteiger partial charge in [-0.3, -0.25) is 9.59 Å². The average Bonchev–Trinajstić information content (AvgIpc) is 2.76. The van der Waals surface area contributed by atoms with Crippen molar-refractivity contribution in [3.05, 3.63) is 17.5 Å². The Bertz CT molecular complexity index is 427. The Morgan fingerprint density at radius 3 is 2.89 bits per heavy atom. The highest BCUT2D eigenvalue weighted by Gasteiger charge is 2.36. The van der Waals surface area contributed by atoms with Gasteiger partial charge in [0.15, 0.2) is 0 Å². The van der Waals surface area contributed by atoms with Crippen molar-refractivity contribution >= 4 is 35.0 Å². The van der Waals surface area contributed by atoms with E-state index >= 15 is 0 Å². The summed E-state index contributed by atoms with van der Waals surface area (Å²) in [6, 6.07) is 3.96. The van der Waals surface area contributed by atoms with Crippen molar-refractivity contribution < 1.29 is 14.7 Å². The third-order valence-electron chi connectivity index (χ3n) is 3.19. The van der Waals surface area contributed by atoms with Crippen LogP contribution in [0.3, 0.4) is 0 Å². The highest BCUT2D eigenvalue weighted by atomic mass is 32.2. The molecule has 98 valence electrons. The summed E-state index contributed by atoms with van der Waals surface area (Å²) >= 11 is 3.17. The van der Waals surface area contributed by atoms with Crippen LogP contribution in [0.2, 0.25) is 0 Å². The maximum atomic E-state index is 11.8. The minimum Gasteiger partial charge on any atom is -0.481 e. The van der Waals surface area contributed by atoms with E-state index in [9.17, 15) is 9.59 Å². The number of carbonyl (C=O) groups is 2. The van der Waals surface area contributed by atoms with Crippen molar-refractivity contribution in [1.82, 2.24) is 4.90 Å². The first-order valence-corrected chi connectivity index (χ1v) is 7.61. The van der Waals surface area contributed by atoms with Crippen molar-refractivity contribution in [3.8, 4) is 0 Å². The van der Waals surface area contributed by atoms with E-state index in [2.05, 4.69) is 0 Å². The largest absolute Gasteiger partial charge is 0.481 e. The molecule has 2 heterocycles. The molecule has 18 heavy (non-hydrogen) atoms. The molecule has 1 aliphatic heterocycles. The van der Waals surface area contributed by atoms with Crippen molar-refractivity contribution in [3.63, 3.8) is 0 Å². The van der Waals surface area contributed by atoms with Gasteiger partial charge in [-0.2, -0.15) is 0 Å². The van der Waals surface area contributed by atoms with Gasteiger partial charge in [-0.1, -0.05) is 13.0 Å². The summed E-state index contributed by atoms with van der Waals surface area (Å²) in [5, 5.41) is 10.9. The third-order valence-corrected chi connectivity index (χ3v) is 5.31. The van der Waals surface area contributed by atoms with Gasteiger partial charge in [0.25, 0.3) is 0 Å². The molecule has 1 unspecified atom stereocenters. The molecule has 1 amide bonds. The third kappa shape index (κ3) is 3.05. The molecule has 1 N–H and O–H groups in total. The number of carboxylic acids is 1. The first-order chi connectivity index (χ1) is 8.58. The fourth-order valence-electron chi connectivity index (χ4n) is 1.80. The Labute approximate surface area is 114 Å². The predicted molar refractivity (Wildman–Crippen MR) is 71.9 cm³/mol. The lowest BCUT2D eigenvalue weighted by Gasteiger charge is -2.41. The molecule has 6 heteroatoms. The summed E-state index contributed by atoms with van der Waals surface area (Å²) in [6.07, 6.45) is 0. The number of carboxylic acid groups (broad SMARTS) is 1. The fourth-order valence-corrected chi connectivity index (χ4v) is 3.49. The van der Waals surface area contributed by atoms with Gasteiger partial charge >= 0.3 is 5.97 Å². The summed E-state index contributed by atoms with van der Waals surface area (Å²) in [4.78, 5) is 24.3. The van der Waals surface area contributed by atoms with E-state index in [1.165, 1.54) is 11.8 Å². The van der Waals surface area contributed by atoms with Crippen LogP contribution in [0.5, 0.6) is 0 Å². The highest BCUT2D eigenvalue weighted by molar-refractivity contribution is 8.01. The molecule has 1 fully saturated rings. The van der Waals surface area contributed by atoms with Gasteiger partial charge in [0.05, 0.1) is 15.9 Å². The number of hydrogen-bond donors (Lipinski definition) is 1. The smallest absolute Gasteiger partial charge is 0.306 e. The monoisotopic (exact) mass is 285 g/mol. The number of nitrogens with zero attached hydrogens (tertiary/aromatic N) is 1. The predicted octanol–water partition coefficient (Wildman–Crippen LogP) is 2.02. The number of amides is 1. The molecule has 0 spiro atoms. The summed E-state index contributed by atoms with van der Waals surface area (Å²) in [7, 11) is 0. The summed E-state index contributed by atoms with van der Waals surface area (Å²) in [5.41, 5.74) is 0. The Morgan fingerprint density at radius 1 is 1.61 bits per heavy atom. The zero-order chi connectivity index (χ0) is 13.1. The van der Waals surface area contributed by atoms with Crippen LogP contribution in [0.4, 0.5) is 0 Å². The molecule has 0 saturated carbocycles. The lowest BCUT2D eigenvalue weighted by Crippen LogP contribution is -2.54. The quantitative estimate of drug-likeness (QED) is 0.841. The molecule has 0 bridgehead atoms. The number of hydrogen-bond acceptors (Lipinski definition) is 4. The van der Waals surface area contributed by atoms with E-state index < -0.39 is 5.97 Å². The first-order valence-electron chi connectivity index (χ1n) is 5.75. The van der Waals surface area contributed by atoms with Crippen LogP contribution >= 0.6 is 23.1 Å². The van der Waals surface area contributed by atoms with Crippen LogP contribution in [-0.2, 0) is 9.59 Å². The van der Waals surface area contributed by atoms with Crippen molar-refractivity contribution in [1.29, 1.82) is 0 Å². The van der Waals surface area contributed by atoms with Gasteiger partial charge in [0, 0.05) is 19.0 Å². The molecular formula is C12H15NO3S2. The molecule has 0 aliphatic carbocycles. The number of carbonyl (C=O) groups excluding carboxylic acids is 1. The molecule has 4 nitrogen and oxygen atoms in total. The number of likely N-dealkylation sites (tertiary alicyclic amines) is 1. The van der Waals surface area contributed by atoms with E-state index in [0.717, 1.165) is 4.21 Å². The zero-order valence-electron chi connectivity index (χ0n) is 10.0. The normalized spacial score (nSPS) is 17.3. The van der Waals surface area contributed by atoms with Crippen molar-refractivity contribution in [2.24, 2.45) is 11.8 Å². The number of thiophene rings is 1. The maximum Gasteiger partial charge on any atom is 0.306 e. The zero-order valence-corrected chi connectivity index (χ0v) is 11.7. The van der Waals surface area contributed by atoms with E-state index in [4.69, 9.17) is 5.11 Å². The van der Waals surface area contributed by atoms with E-state index in [0.29, 0.717) is 18.8 Å². The Morgan fingerprint density at radius 2 is 2.33 bits per heavy atom. The summed E-state index contributed by atoms with van der Waals surface area (Å²) in [5.74, 6) is -0.492. The van der Waals surface area contributed by atoms with Gasteiger partial charge in [0.2, 0.25) is 5.91 Å². The van der Waals surface area contributed by atoms with Crippen LogP contribution in [0, 0.1) is 11.8 Å². The number of thioether (sulfide) groups is 1. The average molecular weight is 285 g/mol. The molecule has 2 rings (SSSR count). The molecule has 1 aromatic rings. The topological polar surface area (TPSA) is 57.6 Å². The van der Waals surface area contributed by atoms with Gasteiger partial charge in [0.1, 0.15) is 0 Å². The molecule has 0 radical (unpaired) electrons. The first kappa shape index (κ1) is 13.4. The molecule has 1 atom stereocenters. The molecule has 1 aromatic heterocycles. The van der Waals surface area contributed by atoms with Gasteiger partial charge in [-0.25, -0.2) is 0 Å². The van der Waals surface area contributed by atoms with E-state index in [-0.39, 0.29) is 17.7 Å². The lowest BCUT2D eigenvalue weighted by molar-refractivity contribution is -0.149. The van der Waals surface area contributed by atoms with Crippen LogP contribution in [0.15, 0.2) is 21.7 Å². The molecular weight excluding hydrogens is 270 g/mol. The van der Waals surface area contributed by atoms with Crippen LogP contribution in [0.25, 0.3) is 0 Å². The molecule has 0 aromatic carbocycles. The van der Waals surface area contributed by atoms with E-state index in [1.54, 1.807) is 23.2 Å². The maximum absolute atomic E-state index is 11.8. The van der Waals surface area contributed by atoms with Crippen LogP contribution < -0.4 is 0 Å². The second kappa shape index (κ2) is 5.75. The van der Waals surface area contributed by atoms with Crippen molar-refractivity contribution in [2.75, 3.05) is 18.8 Å². The second-order valence-corrected chi connectivity index (χ2v) is 6.63. The SMILES string of the molecule is CC(C(=O)O)C1CN(C(=O)CSc2cccs2)C1. The Balaban J connectivity index is 1.71. The number of aliphatic carboxylic acids is 1. The van der Waals surface area contributed by atoms with Gasteiger partial charge in [-0.05, 0) is 11.4 Å². The highest BCUT2D eigenvalue weighted by Crippen LogP contribution is 2.27. The summed E-state index contributed by atoms with van der Waals surface area (Å²) < 4.78 is 1.14. The Kier molecular flexibility index (Phi) is 4.29. The number of rotatable bonds is 5. The van der Waals surface area contributed by atoms with Crippen LogP contribution in [0.1, 0.15) is 6.92 Å². The Hall–Kier alpha value is -1.01. The van der Waals surface area contributed by atoms with Gasteiger partial charge in [-0.15, -0.1) is 23.1 Å². The second-order valence-electron chi connectivity index (χ2n) is 4.41. The molecule has 1 saturated heterocycles. The minimum atomic E-state index is -0.778. The minimum absolute atomic E-state index is 0.0993. The van der Waals surface area contributed by atoms with E-state index in [1.807, 2.05) is 17.5 Å². The van der Waals surface area contributed by atoms with Gasteiger partial charge < -0.3 is 10.0 Å². The standard InChI is InChI=1S/C12H15NO3S2/c1-8(12(15)16)9-5-13(6-9)10(14)7-18-11-3-2-4-17-11/h2-4,8-9H,5-7H2,1H3,(H,15,16). The van der Waals surface area contributed by atoms with Crippen molar-refractivity contribution in [2.45, 2.75) is 11.1 Å². The van der Waals surface area contributed by atoms with Crippen LogP contribution in [-0.4, -0.2) is 40.7 Å². The molecule has 1 aliphatic rings. The lowest BCUT2D eigenvalue weighted by atomic mass is 9.87. The summed E-state index contributed by atoms with van der Waals surface area (Å²) in [6.45, 7) is 2.86.